The molecule has 3 atom stereocenters. The van der Waals surface area contributed by atoms with Crippen molar-refractivity contribution in [1.29, 1.82) is 0 Å². The molecular formula is C26H31N7O2. The quantitative estimate of drug-likeness (QED) is 0.624. The van der Waals surface area contributed by atoms with Crippen LogP contribution in [0.4, 0.5) is 10.6 Å². The molecule has 2 amide bonds. The molecule has 0 bridgehead atoms. The molecule has 1 N–H and O–H groups in total. The molecule has 2 aliphatic rings. The zero-order valence-electron chi connectivity index (χ0n) is 20.4. The van der Waals surface area contributed by atoms with Crippen molar-refractivity contribution in [2.45, 2.75) is 51.9 Å². The summed E-state index contributed by atoms with van der Waals surface area (Å²) in [5, 5.41) is 9.84. The van der Waals surface area contributed by atoms with Crippen LogP contribution in [0.15, 0.2) is 48.8 Å². The van der Waals surface area contributed by atoms with Gasteiger partial charge in [-0.2, -0.15) is 0 Å². The molecule has 4 heterocycles. The van der Waals surface area contributed by atoms with E-state index in [1.807, 2.05) is 52.4 Å². The van der Waals surface area contributed by atoms with Gasteiger partial charge in [0, 0.05) is 61.7 Å². The standard InChI is InChI=1S/C26H31N7O2/c1-17-14-32(23-9-11-27-24(30-23)19(3)34)15-18(2)33(17)26(35)31-12-10-22-21(16-31)13-28-25(29-22)20-7-5-4-6-8-20/h4-9,11,13,17-19,34H,10,12,14-16H2,1-3H3. The maximum atomic E-state index is 13.6. The molecule has 3 unspecified atom stereocenters. The van der Waals surface area contributed by atoms with Crippen molar-refractivity contribution in [2.75, 3.05) is 24.5 Å². The Morgan fingerprint density at radius 1 is 1.06 bits per heavy atom. The summed E-state index contributed by atoms with van der Waals surface area (Å²) in [5.74, 6) is 1.91. The summed E-state index contributed by atoms with van der Waals surface area (Å²) >= 11 is 0. The highest BCUT2D eigenvalue weighted by Gasteiger charge is 2.37. The minimum atomic E-state index is -0.720. The van der Waals surface area contributed by atoms with E-state index in [-0.39, 0.29) is 18.1 Å². The van der Waals surface area contributed by atoms with Gasteiger partial charge in [-0.05, 0) is 26.8 Å². The van der Waals surface area contributed by atoms with E-state index in [9.17, 15) is 9.90 Å². The van der Waals surface area contributed by atoms with Gasteiger partial charge in [0.2, 0.25) is 0 Å². The molecule has 1 saturated heterocycles. The minimum absolute atomic E-state index is 0.00863. The first kappa shape index (κ1) is 23.2. The number of hydrogen-bond donors (Lipinski definition) is 1. The zero-order valence-corrected chi connectivity index (χ0v) is 20.4. The molecule has 0 radical (unpaired) electrons. The zero-order chi connectivity index (χ0) is 24.5. The molecule has 9 heteroatoms. The van der Waals surface area contributed by atoms with Crippen molar-refractivity contribution in [2.24, 2.45) is 0 Å². The Morgan fingerprint density at radius 3 is 2.51 bits per heavy atom. The molecule has 0 spiro atoms. The number of piperazine rings is 1. The third-order valence-electron chi connectivity index (χ3n) is 6.73. The highest BCUT2D eigenvalue weighted by atomic mass is 16.3. The van der Waals surface area contributed by atoms with E-state index >= 15 is 0 Å². The van der Waals surface area contributed by atoms with Gasteiger partial charge in [-0.3, -0.25) is 0 Å². The SMILES string of the molecule is CC(O)c1nccc(N2CC(C)N(C(=O)N3CCc4nc(-c5ccccc5)ncc4C3)C(C)C2)n1. The summed E-state index contributed by atoms with van der Waals surface area (Å²) in [5.41, 5.74) is 3.03. The first-order valence-corrected chi connectivity index (χ1v) is 12.1. The fourth-order valence-electron chi connectivity index (χ4n) is 5.00. The minimum Gasteiger partial charge on any atom is -0.385 e. The first-order chi connectivity index (χ1) is 16.9. The average molecular weight is 474 g/mol. The fourth-order valence-corrected chi connectivity index (χ4v) is 5.00. The van der Waals surface area contributed by atoms with Crippen LogP contribution in [-0.4, -0.2) is 72.6 Å². The van der Waals surface area contributed by atoms with E-state index in [1.165, 1.54) is 0 Å². The average Bonchev–Trinajstić information content (AvgIpc) is 2.88. The molecule has 3 aromatic rings. The fraction of sp³-hybridized carbons (Fsp3) is 0.423. The first-order valence-electron chi connectivity index (χ1n) is 12.1. The third-order valence-corrected chi connectivity index (χ3v) is 6.73. The lowest BCUT2D eigenvalue weighted by Crippen LogP contribution is -2.62. The van der Waals surface area contributed by atoms with Crippen molar-refractivity contribution < 1.29 is 9.90 Å². The summed E-state index contributed by atoms with van der Waals surface area (Å²) < 4.78 is 0. The summed E-state index contributed by atoms with van der Waals surface area (Å²) in [6, 6.07) is 11.9. The number of hydrogen-bond acceptors (Lipinski definition) is 7. The van der Waals surface area contributed by atoms with Gasteiger partial charge in [-0.15, -0.1) is 0 Å². The smallest absolute Gasteiger partial charge is 0.320 e. The van der Waals surface area contributed by atoms with Crippen molar-refractivity contribution >= 4 is 11.8 Å². The summed E-state index contributed by atoms with van der Waals surface area (Å²) in [4.78, 5) is 37.7. The largest absolute Gasteiger partial charge is 0.385 e. The Labute approximate surface area is 205 Å². The number of carbonyl (C=O) groups is 1. The molecule has 35 heavy (non-hydrogen) atoms. The van der Waals surface area contributed by atoms with Crippen LogP contribution in [0.2, 0.25) is 0 Å². The monoisotopic (exact) mass is 473 g/mol. The van der Waals surface area contributed by atoms with E-state index in [4.69, 9.17) is 4.98 Å². The van der Waals surface area contributed by atoms with Crippen LogP contribution in [0.25, 0.3) is 11.4 Å². The van der Waals surface area contributed by atoms with Gasteiger partial charge in [0.15, 0.2) is 11.6 Å². The molecule has 5 rings (SSSR count). The highest BCUT2D eigenvalue weighted by molar-refractivity contribution is 5.76. The molecule has 2 aromatic heterocycles. The second kappa shape index (κ2) is 9.58. The third kappa shape index (κ3) is 4.68. The number of nitrogens with zero attached hydrogens (tertiary/aromatic N) is 7. The second-order valence-corrected chi connectivity index (χ2v) is 9.45. The predicted molar refractivity (Wildman–Crippen MR) is 133 cm³/mol. The Kier molecular flexibility index (Phi) is 6.34. The van der Waals surface area contributed by atoms with Gasteiger partial charge in [0.05, 0.1) is 12.2 Å². The lowest BCUT2D eigenvalue weighted by molar-refractivity contribution is 0.102. The van der Waals surface area contributed by atoms with Crippen molar-refractivity contribution in [3.05, 3.63) is 65.9 Å². The predicted octanol–water partition coefficient (Wildman–Crippen LogP) is 3.06. The molecule has 182 valence electrons. The normalized spacial score (nSPS) is 21.0. The number of aliphatic hydroxyl groups is 1. The van der Waals surface area contributed by atoms with E-state index < -0.39 is 6.10 Å². The van der Waals surface area contributed by atoms with Gasteiger partial charge in [0.1, 0.15) is 11.9 Å². The lowest BCUT2D eigenvalue weighted by Gasteiger charge is -2.47. The molecule has 0 saturated carbocycles. The number of carbonyl (C=O) groups excluding carboxylic acids is 1. The van der Waals surface area contributed by atoms with Crippen LogP contribution in [0, 0.1) is 0 Å². The van der Waals surface area contributed by atoms with Crippen molar-refractivity contribution in [3.8, 4) is 11.4 Å². The molecule has 9 nitrogen and oxygen atoms in total. The topological polar surface area (TPSA) is 98.6 Å². The van der Waals surface area contributed by atoms with Crippen LogP contribution in [0.1, 0.15) is 44.0 Å². The van der Waals surface area contributed by atoms with Gasteiger partial charge < -0.3 is 19.8 Å². The summed E-state index contributed by atoms with van der Waals surface area (Å²) in [6.45, 7) is 8.30. The van der Waals surface area contributed by atoms with E-state index in [0.29, 0.717) is 32.0 Å². The van der Waals surface area contributed by atoms with E-state index in [0.717, 1.165) is 34.9 Å². The van der Waals surface area contributed by atoms with Crippen molar-refractivity contribution in [3.63, 3.8) is 0 Å². The number of aromatic nitrogens is 4. The molecular weight excluding hydrogens is 442 g/mol. The van der Waals surface area contributed by atoms with Crippen LogP contribution >= 0.6 is 0 Å². The second-order valence-electron chi connectivity index (χ2n) is 9.45. The van der Waals surface area contributed by atoms with Crippen LogP contribution < -0.4 is 4.90 Å². The summed E-state index contributed by atoms with van der Waals surface area (Å²) in [7, 11) is 0. The Bertz CT molecular complexity index is 1190. The number of benzene rings is 1. The molecule has 1 fully saturated rings. The Morgan fingerprint density at radius 2 is 1.80 bits per heavy atom. The van der Waals surface area contributed by atoms with Crippen LogP contribution in [0.5, 0.6) is 0 Å². The molecule has 2 aliphatic heterocycles. The Balaban J connectivity index is 1.28. The molecule has 1 aromatic carbocycles. The number of rotatable bonds is 3. The van der Waals surface area contributed by atoms with E-state index in [2.05, 4.69) is 33.7 Å². The van der Waals surface area contributed by atoms with Gasteiger partial charge >= 0.3 is 6.03 Å². The lowest BCUT2D eigenvalue weighted by atomic mass is 10.1. The van der Waals surface area contributed by atoms with Gasteiger partial charge in [0.25, 0.3) is 0 Å². The maximum absolute atomic E-state index is 13.6. The van der Waals surface area contributed by atoms with E-state index in [1.54, 1.807) is 13.1 Å². The van der Waals surface area contributed by atoms with Crippen molar-refractivity contribution in [1.82, 2.24) is 29.7 Å². The number of anilines is 1. The number of amides is 2. The van der Waals surface area contributed by atoms with Crippen LogP contribution in [0.3, 0.4) is 0 Å². The van der Waals surface area contributed by atoms with Crippen LogP contribution in [-0.2, 0) is 13.0 Å². The maximum Gasteiger partial charge on any atom is 0.320 e. The summed E-state index contributed by atoms with van der Waals surface area (Å²) in [6.07, 6.45) is 3.54. The highest BCUT2D eigenvalue weighted by Crippen LogP contribution is 2.26. The Hall–Kier alpha value is -3.59. The number of fused-ring (bicyclic) bond motifs is 1. The molecule has 0 aliphatic carbocycles. The van der Waals surface area contributed by atoms with Gasteiger partial charge in [-0.1, -0.05) is 30.3 Å². The van der Waals surface area contributed by atoms with Gasteiger partial charge in [-0.25, -0.2) is 24.7 Å². The number of aliphatic hydroxyl groups excluding tert-OH is 1. The number of urea groups is 1.